The van der Waals surface area contributed by atoms with E-state index >= 15 is 0 Å². The molecule has 0 amide bonds. The summed E-state index contributed by atoms with van der Waals surface area (Å²) < 4.78 is 0. The van der Waals surface area contributed by atoms with Crippen LogP contribution in [0.3, 0.4) is 0 Å². The average molecular weight is 356 g/mol. The van der Waals surface area contributed by atoms with Gasteiger partial charge in [-0.25, -0.2) is 0 Å². The fraction of sp³-hybridized carbons (Fsp3) is 0.350. The van der Waals surface area contributed by atoms with Gasteiger partial charge in [0.1, 0.15) is 31.7 Å². The molecule has 1 aliphatic rings. The largest absolute Gasteiger partial charge is 0.505 e. The lowest BCUT2D eigenvalue weighted by Gasteiger charge is -2.34. The summed E-state index contributed by atoms with van der Waals surface area (Å²) in [5.41, 5.74) is 1.71. The van der Waals surface area contributed by atoms with Gasteiger partial charge in [0.2, 0.25) is 0 Å². The second kappa shape index (κ2) is 7.12. The van der Waals surface area contributed by atoms with E-state index in [1.165, 1.54) is 24.5 Å². The van der Waals surface area contributed by atoms with Gasteiger partial charge < -0.3 is 14.9 Å². The maximum Gasteiger partial charge on any atom is 0.152 e. The smallest absolute Gasteiger partial charge is 0.152 e. The SMILES string of the molecule is CC[NH+]1CC[NH+]([C@H](c2cccs2)c2ccc3cccnc3c2O)CC1. The number of piperazine rings is 1. The molecule has 0 bridgehead atoms. The zero-order chi connectivity index (χ0) is 17.2. The first kappa shape index (κ1) is 16.5. The minimum absolute atomic E-state index is 0.185. The monoisotopic (exact) mass is 355 g/mol. The van der Waals surface area contributed by atoms with E-state index in [9.17, 15) is 5.11 Å². The molecule has 0 radical (unpaired) electrons. The first-order valence-electron chi connectivity index (χ1n) is 9.06. The Hall–Kier alpha value is -1.95. The fourth-order valence-electron chi connectivity index (χ4n) is 3.98. The predicted octanol–water partition coefficient (Wildman–Crippen LogP) is 0.895. The number of phenolic OH excluding ortho intramolecular Hbond substituents is 1. The van der Waals surface area contributed by atoms with E-state index < -0.39 is 0 Å². The Morgan fingerprint density at radius 2 is 1.96 bits per heavy atom. The summed E-state index contributed by atoms with van der Waals surface area (Å²) in [5.74, 6) is 0.342. The molecular weight excluding hydrogens is 330 g/mol. The minimum Gasteiger partial charge on any atom is -0.505 e. The average Bonchev–Trinajstić information content (AvgIpc) is 3.19. The van der Waals surface area contributed by atoms with Crippen LogP contribution < -0.4 is 9.80 Å². The van der Waals surface area contributed by atoms with Crippen molar-refractivity contribution in [3.63, 3.8) is 0 Å². The van der Waals surface area contributed by atoms with Gasteiger partial charge in [-0.05, 0) is 30.5 Å². The summed E-state index contributed by atoms with van der Waals surface area (Å²) in [6.45, 7) is 8.11. The quantitative estimate of drug-likeness (QED) is 0.651. The van der Waals surface area contributed by atoms with Crippen molar-refractivity contribution in [1.82, 2.24) is 4.98 Å². The van der Waals surface area contributed by atoms with Crippen LogP contribution in [0.4, 0.5) is 0 Å². The molecule has 130 valence electrons. The Morgan fingerprint density at radius 1 is 1.12 bits per heavy atom. The molecule has 3 aromatic rings. The lowest BCUT2D eigenvalue weighted by atomic mass is 9.99. The lowest BCUT2D eigenvalue weighted by molar-refractivity contribution is -1.02. The highest BCUT2D eigenvalue weighted by molar-refractivity contribution is 7.10. The number of benzene rings is 1. The zero-order valence-corrected chi connectivity index (χ0v) is 15.4. The molecule has 1 aromatic carbocycles. The van der Waals surface area contributed by atoms with Crippen molar-refractivity contribution < 1.29 is 14.9 Å². The zero-order valence-electron chi connectivity index (χ0n) is 14.5. The van der Waals surface area contributed by atoms with Gasteiger partial charge in [-0.3, -0.25) is 4.98 Å². The molecule has 1 fully saturated rings. The highest BCUT2D eigenvalue weighted by Crippen LogP contribution is 2.34. The van der Waals surface area contributed by atoms with Gasteiger partial charge in [-0.1, -0.05) is 18.2 Å². The molecule has 4 nitrogen and oxygen atoms in total. The van der Waals surface area contributed by atoms with Gasteiger partial charge in [0.25, 0.3) is 0 Å². The molecule has 1 aliphatic heterocycles. The number of aromatic nitrogens is 1. The third-order valence-corrected chi connectivity index (χ3v) is 6.36. The van der Waals surface area contributed by atoms with Crippen molar-refractivity contribution in [2.75, 3.05) is 32.7 Å². The Labute approximate surface area is 152 Å². The number of nitrogens with one attached hydrogen (secondary N) is 2. The van der Waals surface area contributed by atoms with Crippen LogP contribution in [0.15, 0.2) is 48.0 Å². The number of hydrogen-bond acceptors (Lipinski definition) is 3. The third kappa shape index (κ3) is 3.15. The molecule has 0 unspecified atom stereocenters. The molecule has 3 N–H and O–H groups in total. The van der Waals surface area contributed by atoms with Gasteiger partial charge in [0, 0.05) is 11.6 Å². The number of rotatable bonds is 4. The summed E-state index contributed by atoms with van der Waals surface area (Å²) in [6.07, 6.45) is 1.75. The van der Waals surface area contributed by atoms with Crippen LogP contribution in [0.5, 0.6) is 5.75 Å². The second-order valence-electron chi connectivity index (χ2n) is 6.79. The molecule has 25 heavy (non-hydrogen) atoms. The van der Waals surface area contributed by atoms with E-state index in [2.05, 4.69) is 41.6 Å². The predicted molar refractivity (Wildman–Crippen MR) is 102 cm³/mol. The van der Waals surface area contributed by atoms with E-state index in [1.807, 2.05) is 12.1 Å². The van der Waals surface area contributed by atoms with E-state index in [4.69, 9.17) is 0 Å². The number of pyridine rings is 1. The number of nitrogens with zero attached hydrogens (tertiary/aromatic N) is 1. The molecule has 0 saturated carbocycles. The molecule has 2 aromatic heterocycles. The number of fused-ring (bicyclic) bond motifs is 1. The highest BCUT2D eigenvalue weighted by Gasteiger charge is 2.34. The van der Waals surface area contributed by atoms with Crippen molar-refractivity contribution in [1.29, 1.82) is 0 Å². The van der Waals surface area contributed by atoms with Crippen molar-refractivity contribution in [3.05, 3.63) is 58.4 Å². The molecular formula is C20H25N3OS+2. The van der Waals surface area contributed by atoms with E-state index in [0.717, 1.165) is 24.0 Å². The Kier molecular flexibility index (Phi) is 4.70. The van der Waals surface area contributed by atoms with Crippen molar-refractivity contribution in [2.24, 2.45) is 0 Å². The van der Waals surface area contributed by atoms with Crippen molar-refractivity contribution in [2.45, 2.75) is 13.0 Å². The van der Waals surface area contributed by atoms with E-state index in [-0.39, 0.29) is 6.04 Å². The van der Waals surface area contributed by atoms with Gasteiger partial charge in [0.15, 0.2) is 11.8 Å². The number of likely N-dealkylation sites (N-methyl/N-ethyl adjacent to an activating group) is 1. The summed E-state index contributed by atoms with van der Waals surface area (Å²) >= 11 is 1.78. The van der Waals surface area contributed by atoms with Gasteiger partial charge in [-0.15, -0.1) is 11.3 Å². The number of aromatic hydroxyl groups is 1. The summed E-state index contributed by atoms with van der Waals surface area (Å²) in [6, 6.07) is 12.6. The highest BCUT2D eigenvalue weighted by atomic mass is 32.1. The van der Waals surface area contributed by atoms with Crippen LogP contribution in [0.25, 0.3) is 10.9 Å². The van der Waals surface area contributed by atoms with Gasteiger partial charge in [-0.2, -0.15) is 0 Å². The number of thiophene rings is 1. The van der Waals surface area contributed by atoms with Crippen LogP contribution in [0.2, 0.25) is 0 Å². The normalized spacial score (nSPS) is 22.1. The lowest BCUT2D eigenvalue weighted by Crippen LogP contribution is -3.28. The Morgan fingerprint density at radius 3 is 2.68 bits per heavy atom. The third-order valence-electron chi connectivity index (χ3n) is 5.43. The standard InChI is InChI=1S/C20H23N3OS/c1-2-22-10-12-23(13-11-22)19(17-6-4-14-25-17)16-8-7-15-5-3-9-21-18(15)20(16)24/h3-9,14,19,24H,2,10-13H2,1H3/p+2/t19-/m0/s1. The van der Waals surface area contributed by atoms with Crippen LogP contribution in [0, 0.1) is 0 Å². The van der Waals surface area contributed by atoms with Crippen molar-refractivity contribution >= 4 is 22.2 Å². The molecule has 0 spiro atoms. The van der Waals surface area contributed by atoms with Crippen LogP contribution in [0.1, 0.15) is 23.4 Å². The number of hydrogen-bond donors (Lipinski definition) is 3. The maximum atomic E-state index is 11.0. The number of phenols is 1. The molecule has 3 heterocycles. The molecule has 0 aliphatic carbocycles. The molecule has 1 saturated heterocycles. The van der Waals surface area contributed by atoms with E-state index in [1.54, 1.807) is 27.3 Å². The summed E-state index contributed by atoms with van der Waals surface area (Å²) in [5, 5.41) is 14.1. The molecule has 4 rings (SSSR count). The first-order chi connectivity index (χ1) is 12.3. The van der Waals surface area contributed by atoms with Gasteiger partial charge >= 0.3 is 0 Å². The molecule has 1 atom stereocenters. The second-order valence-corrected chi connectivity index (χ2v) is 7.77. The van der Waals surface area contributed by atoms with E-state index in [0.29, 0.717) is 11.3 Å². The minimum atomic E-state index is 0.185. The van der Waals surface area contributed by atoms with Crippen LogP contribution >= 0.6 is 11.3 Å². The Balaban J connectivity index is 1.76. The maximum absolute atomic E-state index is 11.0. The summed E-state index contributed by atoms with van der Waals surface area (Å²) in [7, 11) is 0. The van der Waals surface area contributed by atoms with Crippen LogP contribution in [-0.2, 0) is 0 Å². The number of quaternary nitrogens is 2. The Bertz CT molecular complexity index is 841. The van der Waals surface area contributed by atoms with Gasteiger partial charge in [0.05, 0.1) is 17.0 Å². The van der Waals surface area contributed by atoms with Crippen LogP contribution in [-0.4, -0.2) is 42.8 Å². The fourth-order valence-corrected chi connectivity index (χ4v) is 4.88. The summed E-state index contributed by atoms with van der Waals surface area (Å²) in [4.78, 5) is 8.96. The van der Waals surface area contributed by atoms with Crippen molar-refractivity contribution in [3.8, 4) is 5.75 Å². The topological polar surface area (TPSA) is 42.0 Å². The molecule has 5 heteroatoms. The first-order valence-corrected chi connectivity index (χ1v) is 9.94.